The van der Waals surface area contributed by atoms with Crippen molar-refractivity contribution in [3.63, 3.8) is 0 Å². The van der Waals surface area contributed by atoms with Gasteiger partial charge in [0.2, 0.25) is 5.91 Å². The monoisotopic (exact) mass is 371 g/mol. The van der Waals surface area contributed by atoms with E-state index in [1.807, 2.05) is 35.7 Å². The molecule has 0 atom stereocenters. The molecule has 25 heavy (non-hydrogen) atoms. The second-order valence-electron chi connectivity index (χ2n) is 5.37. The van der Waals surface area contributed by atoms with E-state index in [1.165, 1.54) is 28.2 Å². The largest absolute Gasteiger partial charge is 0.355 e. The van der Waals surface area contributed by atoms with Crippen LogP contribution in [0, 0.1) is 0 Å². The number of hydrogen-bond donors (Lipinski definition) is 2. The van der Waals surface area contributed by atoms with E-state index in [4.69, 9.17) is 0 Å². The Morgan fingerprint density at radius 1 is 1.08 bits per heavy atom. The van der Waals surface area contributed by atoms with Gasteiger partial charge in [-0.2, -0.15) is 11.3 Å². The first-order chi connectivity index (χ1) is 12.2. The molecule has 2 amide bonds. The third-order valence-corrected chi connectivity index (χ3v) is 4.97. The smallest absolute Gasteiger partial charge is 0.258 e. The lowest BCUT2D eigenvalue weighted by Crippen LogP contribution is -2.27. The topological polar surface area (TPSA) is 71.1 Å². The lowest BCUT2D eigenvalue weighted by molar-refractivity contribution is -0.120. The molecule has 0 radical (unpaired) electrons. The van der Waals surface area contributed by atoms with Gasteiger partial charge < -0.3 is 5.32 Å². The number of carbonyl (C=O) groups is 2. The third-order valence-electron chi connectivity index (χ3n) is 3.48. The summed E-state index contributed by atoms with van der Waals surface area (Å²) in [5.74, 6) is -0.258. The van der Waals surface area contributed by atoms with Crippen LogP contribution >= 0.6 is 22.7 Å². The van der Waals surface area contributed by atoms with Crippen molar-refractivity contribution in [1.29, 1.82) is 0 Å². The molecule has 2 N–H and O–H groups in total. The Bertz CT molecular complexity index is 829. The van der Waals surface area contributed by atoms with E-state index in [2.05, 4.69) is 15.6 Å². The zero-order valence-electron chi connectivity index (χ0n) is 13.4. The van der Waals surface area contributed by atoms with E-state index < -0.39 is 0 Å². The first kappa shape index (κ1) is 17.3. The molecule has 3 aromatic rings. The van der Waals surface area contributed by atoms with Gasteiger partial charge in [0.05, 0.1) is 17.7 Å². The van der Waals surface area contributed by atoms with Crippen LogP contribution in [0.4, 0.5) is 5.13 Å². The molecule has 0 aliphatic rings. The number of benzene rings is 1. The van der Waals surface area contributed by atoms with Crippen LogP contribution in [0.1, 0.15) is 21.6 Å². The molecule has 0 aliphatic carbocycles. The number of hydrogen-bond acceptors (Lipinski definition) is 5. The number of thiazole rings is 1. The molecule has 3 rings (SSSR count). The second-order valence-corrected chi connectivity index (χ2v) is 7.01. The Morgan fingerprint density at radius 3 is 2.68 bits per heavy atom. The highest BCUT2D eigenvalue weighted by Crippen LogP contribution is 2.17. The van der Waals surface area contributed by atoms with Gasteiger partial charge in [-0.3, -0.25) is 14.9 Å². The van der Waals surface area contributed by atoms with Gasteiger partial charge in [-0.05, 0) is 23.4 Å². The number of amides is 2. The SMILES string of the molecule is O=C(Cc1csc(NC(=O)c2ccsc2)n1)NCCc1ccccc1. The van der Waals surface area contributed by atoms with Crippen molar-refractivity contribution in [3.8, 4) is 0 Å². The molecule has 0 unspecified atom stereocenters. The quantitative estimate of drug-likeness (QED) is 0.669. The van der Waals surface area contributed by atoms with E-state index >= 15 is 0 Å². The Hall–Kier alpha value is -2.51. The molecule has 128 valence electrons. The van der Waals surface area contributed by atoms with Gasteiger partial charge in [-0.1, -0.05) is 30.3 Å². The fourth-order valence-electron chi connectivity index (χ4n) is 2.23. The Balaban J connectivity index is 1.44. The first-order valence-corrected chi connectivity index (χ1v) is 9.61. The lowest BCUT2D eigenvalue weighted by atomic mass is 10.1. The summed E-state index contributed by atoms with van der Waals surface area (Å²) < 4.78 is 0. The second kappa shape index (κ2) is 8.55. The van der Waals surface area contributed by atoms with Crippen LogP contribution in [0.3, 0.4) is 0 Å². The standard InChI is InChI=1S/C18H17N3O2S2/c22-16(19-8-6-13-4-2-1-3-5-13)10-15-12-25-18(20-15)21-17(23)14-7-9-24-11-14/h1-5,7,9,11-12H,6,8,10H2,(H,19,22)(H,20,21,23). The molecule has 0 bridgehead atoms. The summed E-state index contributed by atoms with van der Waals surface area (Å²) in [5, 5.41) is 11.6. The molecule has 1 aromatic carbocycles. The molecule has 5 nitrogen and oxygen atoms in total. The lowest BCUT2D eigenvalue weighted by Gasteiger charge is -2.04. The zero-order valence-corrected chi connectivity index (χ0v) is 15.0. The maximum atomic E-state index is 12.0. The van der Waals surface area contributed by atoms with Crippen LogP contribution in [0.15, 0.2) is 52.5 Å². The maximum Gasteiger partial charge on any atom is 0.258 e. The Kier molecular flexibility index (Phi) is 5.92. The summed E-state index contributed by atoms with van der Waals surface area (Å²) in [6.07, 6.45) is 1.01. The van der Waals surface area contributed by atoms with Gasteiger partial charge in [0.1, 0.15) is 0 Å². The molecule has 2 heterocycles. The first-order valence-electron chi connectivity index (χ1n) is 7.79. The van der Waals surface area contributed by atoms with Crippen LogP contribution in [0.5, 0.6) is 0 Å². The van der Waals surface area contributed by atoms with Crippen LogP contribution in [-0.2, 0) is 17.6 Å². The molecular formula is C18H17N3O2S2. The van der Waals surface area contributed by atoms with E-state index in [0.29, 0.717) is 22.9 Å². The number of thiophene rings is 1. The van der Waals surface area contributed by atoms with Crippen molar-refractivity contribution in [2.24, 2.45) is 0 Å². The number of anilines is 1. The van der Waals surface area contributed by atoms with E-state index in [9.17, 15) is 9.59 Å². The zero-order chi connectivity index (χ0) is 17.5. The van der Waals surface area contributed by atoms with Gasteiger partial charge in [0.15, 0.2) is 5.13 Å². The summed E-state index contributed by atoms with van der Waals surface area (Å²) in [6, 6.07) is 11.8. The van der Waals surface area contributed by atoms with Crippen molar-refractivity contribution in [3.05, 3.63) is 69.4 Å². The van der Waals surface area contributed by atoms with E-state index in [-0.39, 0.29) is 18.2 Å². The number of rotatable bonds is 7. The minimum Gasteiger partial charge on any atom is -0.355 e. The number of nitrogens with one attached hydrogen (secondary N) is 2. The molecule has 0 fully saturated rings. The summed E-state index contributed by atoms with van der Waals surface area (Å²) in [6.45, 7) is 0.592. The van der Waals surface area contributed by atoms with Crippen LogP contribution in [0.25, 0.3) is 0 Å². The molecule has 0 aliphatic heterocycles. The predicted molar refractivity (Wildman–Crippen MR) is 101 cm³/mol. The normalized spacial score (nSPS) is 10.4. The van der Waals surface area contributed by atoms with Crippen LogP contribution in [0.2, 0.25) is 0 Å². The van der Waals surface area contributed by atoms with Crippen molar-refractivity contribution in [1.82, 2.24) is 10.3 Å². The van der Waals surface area contributed by atoms with E-state index in [0.717, 1.165) is 6.42 Å². The highest BCUT2D eigenvalue weighted by molar-refractivity contribution is 7.14. The van der Waals surface area contributed by atoms with Crippen molar-refractivity contribution in [2.45, 2.75) is 12.8 Å². The highest BCUT2D eigenvalue weighted by Gasteiger charge is 2.11. The minimum atomic E-state index is -0.186. The van der Waals surface area contributed by atoms with Crippen molar-refractivity contribution >= 4 is 39.6 Å². The number of nitrogens with zero attached hydrogens (tertiary/aromatic N) is 1. The fourth-order valence-corrected chi connectivity index (χ4v) is 3.57. The maximum absolute atomic E-state index is 12.0. The van der Waals surface area contributed by atoms with Gasteiger partial charge in [0, 0.05) is 17.3 Å². The average molecular weight is 371 g/mol. The van der Waals surface area contributed by atoms with Crippen LogP contribution < -0.4 is 10.6 Å². The molecule has 7 heteroatoms. The molecule has 0 saturated heterocycles. The highest BCUT2D eigenvalue weighted by atomic mass is 32.1. The van der Waals surface area contributed by atoms with Crippen molar-refractivity contribution < 1.29 is 9.59 Å². The predicted octanol–water partition coefficient (Wildman–Crippen LogP) is 3.36. The minimum absolute atomic E-state index is 0.0723. The number of aromatic nitrogens is 1. The van der Waals surface area contributed by atoms with Crippen molar-refractivity contribution in [2.75, 3.05) is 11.9 Å². The van der Waals surface area contributed by atoms with E-state index in [1.54, 1.807) is 16.8 Å². The molecule has 0 saturated carbocycles. The summed E-state index contributed by atoms with van der Waals surface area (Å²) >= 11 is 2.79. The van der Waals surface area contributed by atoms with Gasteiger partial charge >= 0.3 is 0 Å². The average Bonchev–Trinajstić information content (AvgIpc) is 3.28. The molecule has 0 spiro atoms. The molecule has 2 aromatic heterocycles. The summed E-state index contributed by atoms with van der Waals surface area (Å²) in [5.41, 5.74) is 2.46. The summed E-state index contributed by atoms with van der Waals surface area (Å²) in [7, 11) is 0. The molecular weight excluding hydrogens is 354 g/mol. The third kappa shape index (κ3) is 5.23. The Labute approximate surface area is 153 Å². The number of carbonyl (C=O) groups excluding carboxylic acids is 2. The van der Waals surface area contributed by atoms with Gasteiger partial charge in [-0.15, -0.1) is 11.3 Å². The summed E-state index contributed by atoms with van der Waals surface area (Å²) in [4.78, 5) is 28.2. The van der Waals surface area contributed by atoms with Gasteiger partial charge in [0.25, 0.3) is 5.91 Å². The van der Waals surface area contributed by atoms with Crippen LogP contribution in [-0.4, -0.2) is 23.3 Å². The Morgan fingerprint density at radius 2 is 1.92 bits per heavy atom. The fraction of sp³-hybridized carbons (Fsp3) is 0.167. The van der Waals surface area contributed by atoms with Gasteiger partial charge in [-0.25, -0.2) is 4.98 Å².